The zero-order valence-electron chi connectivity index (χ0n) is 22.1. The quantitative estimate of drug-likeness (QED) is 0.266. The van der Waals surface area contributed by atoms with Crippen LogP contribution in [0.25, 0.3) is 5.57 Å². The molecule has 0 radical (unpaired) electrons. The van der Waals surface area contributed by atoms with Gasteiger partial charge in [-0.25, -0.2) is 9.78 Å². The number of aromatic nitrogens is 2. The van der Waals surface area contributed by atoms with Crippen LogP contribution in [0.5, 0.6) is 11.6 Å². The number of methoxy groups -OCH3 is 2. The second-order valence-corrected chi connectivity index (χ2v) is 9.66. The van der Waals surface area contributed by atoms with Crippen molar-refractivity contribution in [2.24, 2.45) is 0 Å². The van der Waals surface area contributed by atoms with Gasteiger partial charge in [-0.15, -0.1) is 0 Å². The van der Waals surface area contributed by atoms with Crippen LogP contribution in [0.3, 0.4) is 0 Å². The lowest BCUT2D eigenvalue weighted by molar-refractivity contribution is 0.0600. The summed E-state index contributed by atoms with van der Waals surface area (Å²) < 4.78 is 17.0. The normalized spacial score (nSPS) is 14.7. The number of hydrogen-bond donors (Lipinski definition) is 0. The number of allylic oxidation sites excluding steroid dienone is 1. The smallest absolute Gasteiger partial charge is 0.337 e. The Bertz CT molecular complexity index is 1390. The second-order valence-electron chi connectivity index (χ2n) is 9.66. The molecule has 1 fully saturated rings. The van der Waals surface area contributed by atoms with Gasteiger partial charge in [0.2, 0.25) is 5.88 Å². The molecule has 0 saturated heterocycles. The third-order valence-corrected chi connectivity index (χ3v) is 7.24. The number of ether oxygens (including phenoxy) is 3. The van der Waals surface area contributed by atoms with Gasteiger partial charge in [0, 0.05) is 30.4 Å². The Labute approximate surface area is 222 Å². The molecule has 2 aromatic carbocycles. The number of carbonyl (C=O) groups is 2. The van der Waals surface area contributed by atoms with Crippen LogP contribution in [0.15, 0.2) is 48.5 Å². The van der Waals surface area contributed by atoms with Crippen molar-refractivity contribution in [2.45, 2.75) is 58.0 Å². The van der Waals surface area contributed by atoms with Gasteiger partial charge in [0.1, 0.15) is 17.7 Å². The lowest BCUT2D eigenvalue weighted by atomic mass is 10.00. The zero-order chi connectivity index (χ0) is 26.6. The van der Waals surface area contributed by atoms with E-state index in [1.54, 1.807) is 25.3 Å². The summed E-state index contributed by atoms with van der Waals surface area (Å²) >= 11 is 0. The predicted octanol–water partition coefficient (Wildman–Crippen LogP) is 5.76. The number of hydrogen-bond acceptors (Lipinski definition) is 7. The largest absolute Gasteiger partial charge is 0.496 e. The number of Topliss-reactive ketones (excluding diaryl/α,β-unsaturated/α-hetero) is 1. The molecule has 2 aliphatic rings. The minimum Gasteiger partial charge on any atom is -0.496 e. The molecule has 0 bridgehead atoms. The van der Waals surface area contributed by atoms with Gasteiger partial charge >= 0.3 is 5.97 Å². The van der Waals surface area contributed by atoms with E-state index in [1.165, 1.54) is 7.11 Å². The molecule has 0 N–H and O–H groups in total. The third-order valence-electron chi connectivity index (χ3n) is 7.24. The molecule has 7 heteroatoms. The molecule has 0 unspecified atom stereocenters. The Hall–Kier alpha value is -4.00. The van der Waals surface area contributed by atoms with E-state index in [0.29, 0.717) is 47.8 Å². The average Bonchev–Trinajstić information content (AvgIpc) is 3.62. The van der Waals surface area contributed by atoms with Crippen molar-refractivity contribution in [2.75, 3.05) is 14.2 Å². The maximum Gasteiger partial charge on any atom is 0.337 e. The van der Waals surface area contributed by atoms with Crippen LogP contribution in [0, 0.1) is 0 Å². The van der Waals surface area contributed by atoms with Gasteiger partial charge in [-0.1, -0.05) is 37.3 Å². The first-order valence-corrected chi connectivity index (χ1v) is 13.2. The highest BCUT2D eigenvalue weighted by atomic mass is 16.5. The standard InChI is InChI=1S/C31H32N2O5/c1-4-26(34)21-13-14-22(27(17-21)36-2)18-28-32-25-16-15-24(19-9-11-20(12-10-19)31(35)37-3)29(25)30(33-28)38-23-7-5-6-8-23/h9-15,17,23H,4-8,16,18H2,1-3H3. The number of ketones is 1. The molecule has 0 amide bonds. The number of carbonyl (C=O) groups excluding carboxylic acids is 2. The average molecular weight is 513 g/mol. The molecule has 196 valence electrons. The maximum atomic E-state index is 12.2. The minimum absolute atomic E-state index is 0.0779. The van der Waals surface area contributed by atoms with Crippen LogP contribution in [0.2, 0.25) is 0 Å². The van der Waals surface area contributed by atoms with Crippen LogP contribution >= 0.6 is 0 Å². The summed E-state index contributed by atoms with van der Waals surface area (Å²) in [4.78, 5) is 33.9. The first kappa shape index (κ1) is 25.6. The number of benzene rings is 2. The fourth-order valence-electron chi connectivity index (χ4n) is 5.19. The molecule has 2 aliphatic carbocycles. The monoisotopic (exact) mass is 512 g/mol. The van der Waals surface area contributed by atoms with Gasteiger partial charge in [-0.2, -0.15) is 4.98 Å². The number of fused-ring (bicyclic) bond motifs is 1. The fraction of sp³-hybridized carbons (Fsp3) is 0.355. The van der Waals surface area contributed by atoms with Gasteiger partial charge in [0.05, 0.1) is 31.0 Å². The van der Waals surface area contributed by atoms with E-state index in [1.807, 2.05) is 31.2 Å². The van der Waals surface area contributed by atoms with E-state index >= 15 is 0 Å². The van der Waals surface area contributed by atoms with Gasteiger partial charge in [-0.3, -0.25) is 4.79 Å². The highest BCUT2D eigenvalue weighted by Crippen LogP contribution is 2.39. The predicted molar refractivity (Wildman–Crippen MR) is 144 cm³/mol. The van der Waals surface area contributed by atoms with Crippen LogP contribution in [0.1, 0.15) is 88.0 Å². The topological polar surface area (TPSA) is 87.6 Å². The number of rotatable bonds is 9. The van der Waals surface area contributed by atoms with Crippen molar-refractivity contribution in [3.05, 3.63) is 87.9 Å². The molecule has 3 aromatic rings. The van der Waals surface area contributed by atoms with Crippen molar-refractivity contribution < 1.29 is 23.8 Å². The summed E-state index contributed by atoms with van der Waals surface area (Å²) in [6.07, 6.45) is 8.19. The van der Waals surface area contributed by atoms with E-state index < -0.39 is 0 Å². The highest BCUT2D eigenvalue weighted by molar-refractivity contribution is 5.96. The van der Waals surface area contributed by atoms with Crippen LogP contribution in [-0.4, -0.2) is 42.0 Å². The van der Waals surface area contributed by atoms with Gasteiger partial charge < -0.3 is 14.2 Å². The number of nitrogens with zero attached hydrogens (tertiary/aromatic N) is 2. The summed E-state index contributed by atoms with van der Waals surface area (Å²) in [7, 11) is 2.99. The van der Waals surface area contributed by atoms with E-state index in [2.05, 4.69) is 6.08 Å². The maximum absolute atomic E-state index is 12.2. The minimum atomic E-state index is -0.363. The molecule has 0 spiro atoms. The molecule has 0 atom stereocenters. The van der Waals surface area contributed by atoms with Crippen LogP contribution in [0.4, 0.5) is 0 Å². The Kier molecular flexibility index (Phi) is 7.54. The Balaban J connectivity index is 1.49. The molecule has 5 rings (SSSR count). The first-order valence-electron chi connectivity index (χ1n) is 13.2. The van der Waals surface area contributed by atoms with Crippen LogP contribution < -0.4 is 9.47 Å². The van der Waals surface area contributed by atoms with Crippen LogP contribution in [-0.2, 0) is 17.6 Å². The summed E-state index contributed by atoms with van der Waals surface area (Å²) in [5.74, 6) is 1.62. The van der Waals surface area contributed by atoms with E-state index in [-0.39, 0.29) is 17.9 Å². The number of esters is 1. The summed E-state index contributed by atoms with van der Waals surface area (Å²) in [5, 5.41) is 0. The van der Waals surface area contributed by atoms with E-state index in [4.69, 9.17) is 24.2 Å². The summed E-state index contributed by atoms with van der Waals surface area (Å²) in [5.41, 5.74) is 5.88. The SMILES string of the molecule is CCC(=O)c1ccc(Cc2nc3c(c(OC4CCCC4)n2)C(c2ccc(C(=O)OC)cc2)=CC3)c(OC)c1. The Morgan fingerprint density at radius 2 is 1.71 bits per heavy atom. The van der Waals surface area contributed by atoms with Gasteiger partial charge in [0.15, 0.2) is 5.78 Å². The second kappa shape index (κ2) is 11.2. The van der Waals surface area contributed by atoms with Crippen molar-refractivity contribution in [1.29, 1.82) is 0 Å². The fourth-order valence-corrected chi connectivity index (χ4v) is 5.19. The molecule has 38 heavy (non-hydrogen) atoms. The van der Waals surface area contributed by atoms with Gasteiger partial charge in [0.25, 0.3) is 0 Å². The van der Waals surface area contributed by atoms with Crippen molar-refractivity contribution >= 4 is 17.3 Å². The van der Waals surface area contributed by atoms with Crippen molar-refractivity contribution in [3.63, 3.8) is 0 Å². The molecule has 1 heterocycles. The molecule has 1 aromatic heterocycles. The molecule has 1 saturated carbocycles. The molecule has 0 aliphatic heterocycles. The first-order chi connectivity index (χ1) is 18.5. The molecular weight excluding hydrogens is 480 g/mol. The molecule has 7 nitrogen and oxygen atoms in total. The zero-order valence-corrected chi connectivity index (χ0v) is 22.1. The highest BCUT2D eigenvalue weighted by Gasteiger charge is 2.28. The van der Waals surface area contributed by atoms with E-state index in [9.17, 15) is 9.59 Å². The third kappa shape index (κ3) is 5.19. The molecular formula is C31H32N2O5. The summed E-state index contributed by atoms with van der Waals surface area (Å²) in [6.45, 7) is 1.85. The van der Waals surface area contributed by atoms with Crippen molar-refractivity contribution in [3.8, 4) is 11.6 Å². The lowest BCUT2D eigenvalue weighted by Crippen LogP contribution is -2.15. The van der Waals surface area contributed by atoms with Crippen molar-refractivity contribution in [1.82, 2.24) is 9.97 Å². The lowest BCUT2D eigenvalue weighted by Gasteiger charge is -2.18. The van der Waals surface area contributed by atoms with E-state index in [0.717, 1.165) is 53.6 Å². The Morgan fingerprint density at radius 3 is 2.39 bits per heavy atom. The summed E-state index contributed by atoms with van der Waals surface area (Å²) in [6, 6.07) is 12.9. The Morgan fingerprint density at radius 1 is 0.974 bits per heavy atom. The van der Waals surface area contributed by atoms with Gasteiger partial charge in [-0.05, 0) is 55.0 Å².